The Morgan fingerprint density at radius 3 is 3.00 bits per heavy atom. The molecule has 3 aliphatic rings. The highest BCUT2D eigenvalue weighted by atomic mass is 16.5. The van der Waals surface area contributed by atoms with E-state index in [-0.39, 0.29) is 17.9 Å². The van der Waals surface area contributed by atoms with Gasteiger partial charge in [-0.05, 0) is 61.9 Å². The van der Waals surface area contributed by atoms with Crippen molar-refractivity contribution in [3.63, 3.8) is 0 Å². The zero-order chi connectivity index (χ0) is 20.0. The Kier molecular flexibility index (Phi) is 4.70. The Bertz CT molecular complexity index is 939. The molecule has 2 bridgehead atoms. The zero-order valence-electron chi connectivity index (χ0n) is 16.7. The molecule has 29 heavy (non-hydrogen) atoms. The number of methoxy groups -OCH3 is 1. The van der Waals surface area contributed by atoms with Crippen molar-refractivity contribution in [3.8, 4) is 5.75 Å². The number of hydrogen-bond donors (Lipinski definition) is 3. The predicted molar refractivity (Wildman–Crippen MR) is 110 cm³/mol. The van der Waals surface area contributed by atoms with Crippen LogP contribution in [0.25, 0.3) is 10.9 Å². The summed E-state index contributed by atoms with van der Waals surface area (Å²) in [5.74, 6) is 1.84. The molecule has 3 N–H and O–H groups in total. The molecule has 7 heteroatoms. The normalized spacial score (nSPS) is 28.9. The lowest BCUT2D eigenvalue weighted by Gasteiger charge is -2.54. The molecule has 4 heterocycles. The summed E-state index contributed by atoms with van der Waals surface area (Å²) in [7, 11) is 1.63. The highest BCUT2D eigenvalue weighted by Crippen LogP contribution is 2.39. The van der Waals surface area contributed by atoms with Crippen LogP contribution < -0.4 is 15.4 Å². The van der Waals surface area contributed by atoms with Crippen molar-refractivity contribution >= 4 is 22.7 Å². The van der Waals surface area contributed by atoms with Crippen molar-refractivity contribution in [1.82, 2.24) is 20.5 Å². The van der Waals surface area contributed by atoms with Crippen molar-refractivity contribution in [3.05, 3.63) is 30.0 Å². The van der Waals surface area contributed by atoms with E-state index in [1.54, 1.807) is 7.11 Å². The first-order valence-corrected chi connectivity index (χ1v) is 10.6. The van der Waals surface area contributed by atoms with Gasteiger partial charge >= 0.3 is 0 Å². The number of nitrogens with one attached hydrogen (secondary N) is 3. The molecule has 0 unspecified atom stereocenters. The molecule has 5 rings (SSSR count). The van der Waals surface area contributed by atoms with Crippen LogP contribution >= 0.6 is 0 Å². The second kappa shape index (κ2) is 7.37. The molecular formula is C22H28N4O3. The second-order valence-corrected chi connectivity index (χ2v) is 8.59. The van der Waals surface area contributed by atoms with Gasteiger partial charge in [-0.1, -0.05) is 0 Å². The predicted octanol–water partition coefficient (Wildman–Crippen LogP) is 1.90. The average molecular weight is 396 g/mol. The number of aromatic amines is 1. The Morgan fingerprint density at radius 2 is 2.14 bits per heavy atom. The van der Waals surface area contributed by atoms with Crippen LogP contribution in [0, 0.1) is 11.8 Å². The molecule has 1 aromatic heterocycles. The van der Waals surface area contributed by atoms with E-state index in [9.17, 15) is 9.59 Å². The van der Waals surface area contributed by atoms with E-state index in [1.807, 2.05) is 24.3 Å². The van der Waals surface area contributed by atoms with Crippen LogP contribution in [-0.4, -0.2) is 60.5 Å². The number of carbonyl (C=O) groups is 2. The standard InChI is InChI=1S/C22H28N4O3/c1-29-16-5-6-17-13(8-16)9-18(25-17)22(28)24-12-20-15-7-14(10-23-11-15)19-3-2-4-21(27)26(19)20/h5-6,8-9,14-15,19-20,23,25H,2-4,7,10-12H2,1H3,(H,24,28)/t14-,15+,19+,20+/m1/s1. The minimum atomic E-state index is -0.132. The van der Waals surface area contributed by atoms with Gasteiger partial charge in [0.25, 0.3) is 5.91 Å². The molecule has 0 spiro atoms. The topological polar surface area (TPSA) is 86.5 Å². The van der Waals surface area contributed by atoms with E-state index >= 15 is 0 Å². The molecule has 2 amide bonds. The fraction of sp³-hybridized carbons (Fsp3) is 0.545. The number of piperidine rings is 3. The van der Waals surface area contributed by atoms with Crippen LogP contribution in [0.5, 0.6) is 5.75 Å². The van der Waals surface area contributed by atoms with Gasteiger partial charge in [0.15, 0.2) is 0 Å². The molecule has 0 radical (unpaired) electrons. The van der Waals surface area contributed by atoms with Gasteiger partial charge in [-0.3, -0.25) is 9.59 Å². The Balaban J connectivity index is 1.32. The summed E-state index contributed by atoms with van der Waals surface area (Å²) in [4.78, 5) is 30.9. The lowest BCUT2D eigenvalue weighted by molar-refractivity contribution is -0.148. The summed E-state index contributed by atoms with van der Waals surface area (Å²) in [6.45, 7) is 2.42. The number of carbonyl (C=O) groups excluding carboxylic acids is 2. The maximum Gasteiger partial charge on any atom is 0.267 e. The van der Waals surface area contributed by atoms with Crippen molar-refractivity contribution in [2.75, 3.05) is 26.7 Å². The smallest absolute Gasteiger partial charge is 0.267 e. The van der Waals surface area contributed by atoms with Crippen LogP contribution in [0.4, 0.5) is 0 Å². The molecule has 7 nitrogen and oxygen atoms in total. The number of H-pyrrole nitrogens is 1. The number of fused-ring (bicyclic) bond motifs is 5. The number of amides is 2. The molecule has 0 saturated carbocycles. The van der Waals surface area contributed by atoms with Gasteiger partial charge in [-0.2, -0.15) is 0 Å². The highest BCUT2D eigenvalue weighted by Gasteiger charge is 2.47. The minimum Gasteiger partial charge on any atom is -0.497 e. The molecule has 0 aliphatic carbocycles. The summed E-state index contributed by atoms with van der Waals surface area (Å²) < 4.78 is 5.26. The molecule has 4 atom stereocenters. The van der Waals surface area contributed by atoms with Crippen molar-refractivity contribution in [2.45, 2.75) is 37.8 Å². The van der Waals surface area contributed by atoms with Gasteiger partial charge in [0, 0.05) is 36.5 Å². The fourth-order valence-electron chi connectivity index (χ4n) is 5.55. The highest BCUT2D eigenvalue weighted by molar-refractivity contribution is 5.98. The van der Waals surface area contributed by atoms with Gasteiger partial charge in [0.2, 0.25) is 5.91 Å². The minimum absolute atomic E-state index is 0.0743. The largest absolute Gasteiger partial charge is 0.497 e. The number of hydrogen-bond acceptors (Lipinski definition) is 4. The summed E-state index contributed by atoms with van der Waals surface area (Å²) in [6, 6.07) is 7.94. The van der Waals surface area contributed by atoms with Crippen molar-refractivity contribution in [2.24, 2.45) is 11.8 Å². The average Bonchev–Trinajstić information content (AvgIpc) is 3.17. The molecular weight excluding hydrogens is 368 g/mol. The van der Waals surface area contributed by atoms with E-state index in [0.29, 0.717) is 36.5 Å². The summed E-state index contributed by atoms with van der Waals surface area (Å²) in [5, 5.41) is 7.58. The molecule has 3 fully saturated rings. The first-order chi connectivity index (χ1) is 14.1. The first kappa shape index (κ1) is 18.5. The van der Waals surface area contributed by atoms with Gasteiger partial charge in [0.05, 0.1) is 13.2 Å². The third-order valence-corrected chi connectivity index (χ3v) is 6.94. The van der Waals surface area contributed by atoms with E-state index in [0.717, 1.165) is 49.0 Å². The van der Waals surface area contributed by atoms with E-state index in [2.05, 4.69) is 20.5 Å². The molecule has 154 valence electrons. The first-order valence-electron chi connectivity index (χ1n) is 10.6. The maximum absolute atomic E-state index is 12.8. The van der Waals surface area contributed by atoms with Crippen LogP contribution in [-0.2, 0) is 4.79 Å². The van der Waals surface area contributed by atoms with Gasteiger partial charge in [-0.25, -0.2) is 0 Å². The van der Waals surface area contributed by atoms with Gasteiger partial charge in [-0.15, -0.1) is 0 Å². The quantitative estimate of drug-likeness (QED) is 0.737. The Labute approximate surface area is 170 Å². The third kappa shape index (κ3) is 3.27. The van der Waals surface area contributed by atoms with Crippen LogP contribution in [0.3, 0.4) is 0 Å². The van der Waals surface area contributed by atoms with E-state index in [4.69, 9.17) is 4.74 Å². The lowest BCUT2D eigenvalue weighted by atomic mass is 9.72. The summed E-state index contributed by atoms with van der Waals surface area (Å²) in [6.07, 6.45) is 3.85. The molecule has 2 aromatic rings. The number of nitrogens with zero attached hydrogens (tertiary/aromatic N) is 1. The van der Waals surface area contributed by atoms with E-state index < -0.39 is 0 Å². The number of benzene rings is 1. The zero-order valence-corrected chi connectivity index (χ0v) is 16.7. The second-order valence-electron chi connectivity index (χ2n) is 8.59. The summed E-state index contributed by atoms with van der Waals surface area (Å²) in [5.41, 5.74) is 1.43. The number of ether oxygens (including phenoxy) is 1. The fourth-order valence-corrected chi connectivity index (χ4v) is 5.55. The van der Waals surface area contributed by atoms with Gasteiger partial charge in [0.1, 0.15) is 11.4 Å². The summed E-state index contributed by atoms with van der Waals surface area (Å²) >= 11 is 0. The molecule has 3 saturated heterocycles. The Morgan fingerprint density at radius 1 is 1.28 bits per heavy atom. The van der Waals surface area contributed by atoms with Crippen LogP contribution in [0.2, 0.25) is 0 Å². The monoisotopic (exact) mass is 396 g/mol. The van der Waals surface area contributed by atoms with Crippen LogP contribution in [0.15, 0.2) is 24.3 Å². The number of rotatable bonds is 4. The van der Waals surface area contributed by atoms with Gasteiger partial charge < -0.3 is 25.3 Å². The molecule has 1 aromatic carbocycles. The van der Waals surface area contributed by atoms with Crippen molar-refractivity contribution < 1.29 is 14.3 Å². The lowest BCUT2D eigenvalue weighted by Crippen LogP contribution is -2.66. The van der Waals surface area contributed by atoms with Crippen molar-refractivity contribution in [1.29, 1.82) is 0 Å². The maximum atomic E-state index is 12.8. The third-order valence-electron chi connectivity index (χ3n) is 6.94. The van der Waals surface area contributed by atoms with E-state index in [1.165, 1.54) is 0 Å². The van der Waals surface area contributed by atoms with Crippen LogP contribution in [0.1, 0.15) is 36.2 Å². The SMILES string of the molecule is COc1ccc2[nH]c(C(=O)NC[C@H]3[C@@H]4CNC[C@@H](C4)[C@@H]4CCCC(=O)N43)cc2c1. The number of aromatic nitrogens is 1. The Hall–Kier alpha value is -2.54. The molecule has 3 aliphatic heterocycles.